The van der Waals surface area contributed by atoms with Gasteiger partial charge in [0.05, 0.1) is 6.04 Å². The normalized spacial score (nSPS) is 17.2. The largest absolute Gasteiger partial charge is 0.491 e. The van der Waals surface area contributed by atoms with E-state index in [0.717, 1.165) is 30.6 Å². The van der Waals surface area contributed by atoms with E-state index < -0.39 is 0 Å². The molecule has 1 fully saturated rings. The number of rotatable bonds is 7. The van der Waals surface area contributed by atoms with Crippen molar-refractivity contribution in [2.45, 2.75) is 45.2 Å². The summed E-state index contributed by atoms with van der Waals surface area (Å²) in [5.41, 5.74) is 4.10. The number of hydrogen-bond donors (Lipinski definition) is 0. The smallest absolute Gasteiger partial charge is 0.254 e. The molecular formula is C28H30N2O3S. The van der Waals surface area contributed by atoms with Gasteiger partial charge in [-0.25, -0.2) is 0 Å². The van der Waals surface area contributed by atoms with Crippen LogP contribution in [0.15, 0.2) is 60.0 Å². The fraction of sp³-hybridized carbons (Fsp3) is 0.357. The minimum Gasteiger partial charge on any atom is -0.491 e. The molecule has 0 bridgehead atoms. The van der Waals surface area contributed by atoms with Crippen molar-refractivity contribution in [3.05, 3.63) is 87.1 Å². The third-order valence-electron chi connectivity index (χ3n) is 6.70. The molecule has 0 unspecified atom stereocenters. The van der Waals surface area contributed by atoms with Gasteiger partial charge >= 0.3 is 0 Å². The van der Waals surface area contributed by atoms with E-state index in [4.69, 9.17) is 4.74 Å². The van der Waals surface area contributed by atoms with E-state index >= 15 is 0 Å². The summed E-state index contributed by atoms with van der Waals surface area (Å²) in [6.45, 7) is 5.20. The third-order valence-corrected chi connectivity index (χ3v) is 7.69. The van der Waals surface area contributed by atoms with Crippen LogP contribution in [-0.2, 0) is 11.2 Å². The number of carbonyl (C=O) groups excluding carboxylic acids is 2. The number of hydrogen-bond acceptors (Lipinski definition) is 4. The van der Waals surface area contributed by atoms with Gasteiger partial charge in [0.15, 0.2) is 0 Å². The van der Waals surface area contributed by atoms with E-state index in [1.165, 1.54) is 16.0 Å². The van der Waals surface area contributed by atoms with Crippen LogP contribution in [0.1, 0.15) is 50.8 Å². The molecule has 1 aliphatic heterocycles. The maximum absolute atomic E-state index is 13.6. The fourth-order valence-electron chi connectivity index (χ4n) is 4.54. The van der Waals surface area contributed by atoms with Crippen LogP contribution in [0, 0.1) is 13.8 Å². The summed E-state index contributed by atoms with van der Waals surface area (Å²) in [6.07, 6.45) is 2.76. The van der Waals surface area contributed by atoms with E-state index in [0.29, 0.717) is 18.7 Å². The fourth-order valence-corrected chi connectivity index (χ4v) is 5.46. The number of benzene rings is 2. The van der Waals surface area contributed by atoms with Crippen LogP contribution in [0.25, 0.3) is 0 Å². The van der Waals surface area contributed by atoms with E-state index in [-0.39, 0.29) is 30.4 Å². The molecule has 176 valence electrons. The molecule has 2 amide bonds. The first-order valence-electron chi connectivity index (χ1n) is 11.9. The van der Waals surface area contributed by atoms with Gasteiger partial charge in [0.1, 0.15) is 18.9 Å². The summed E-state index contributed by atoms with van der Waals surface area (Å²) < 4.78 is 6.13. The van der Waals surface area contributed by atoms with Gasteiger partial charge in [-0.1, -0.05) is 35.4 Å². The Bertz CT molecular complexity index is 1170. The van der Waals surface area contributed by atoms with Gasteiger partial charge in [-0.05, 0) is 74.4 Å². The van der Waals surface area contributed by atoms with E-state index in [2.05, 4.69) is 11.4 Å². The van der Waals surface area contributed by atoms with Crippen molar-refractivity contribution in [3.8, 4) is 5.75 Å². The maximum atomic E-state index is 13.6. The van der Waals surface area contributed by atoms with Crippen LogP contribution in [0.4, 0.5) is 0 Å². The maximum Gasteiger partial charge on any atom is 0.254 e. The monoisotopic (exact) mass is 474 g/mol. The minimum atomic E-state index is -0.153. The Morgan fingerprint density at radius 2 is 1.68 bits per heavy atom. The molecule has 34 heavy (non-hydrogen) atoms. The van der Waals surface area contributed by atoms with Gasteiger partial charge in [-0.3, -0.25) is 9.59 Å². The van der Waals surface area contributed by atoms with Crippen LogP contribution >= 0.6 is 11.3 Å². The van der Waals surface area contributed by atoms with Crippen molar-refractivity contribution in [1.29, 1.82) is 0 Å². The van der Waals surface area contributed by atoms with Crippen molar-refractivity contribution in [2.24, 2.45) is 0 Å². The van der Waals surface area contributed by atoms with Gasteiger partial charge in [-0.15, -0.1) is 11.3 Å². The molecule has 1 atom stereocenters. The van der Waals surface area contributed by atoms with Gasteiger partial charge in [0, 0.05) is 23.0 Å². The first-order chi connectivity index (χ1) is 16.5. The number of amides is 2. The molecule has 1 saturated carbocycles. The lowest BCUT2D eigenvalue weighted by molar-refractivity contribution is -0.135. The van der Waals surface area contributed by atoms with Gasteiger partial charge in [0.25, 0.3) is 5.91 Å². The molecule has 2 aliphatic rings. The lowest BCUT2D eigenvalue weighted by Crippen LogP contribution is -2.48. The molecule has 3 aromatic rings. The average Bonchev–Trinajstić information content (AvgIpc) is 3.57. The standard InChI is InChI=1S/C28H30N2O3S/c1-19-3-7-21(8-4-19)28(32)30(22-9-10-22)17-27(31)29-15-13-26-24(14-16-34-26)25(29)18-33-23-11-5-20(2)6-12-23/h3-8,11-12,14,16,22,25H,9-10,13,15,17-18H2,1-2H3/t25-/m1/s1. The molecule has 5 rings (SSSR count). The summed E-state index contributed by atoms with van der Waals surface area (Å²) in [5.74, 6) is 0.729. The zero-order chi connectivity index (χ0) is 23.7. The van der Waals surface area contributed by atoms with Crippen LogP contribution in [0.5, 0.6) is 5.75 Å². The quantitative estimate of drug-likeness (QED) is 0.474. The molecule has 1 aromatic heterocycles. The highest BCUT2D eigenvalue weighted by Crippen LogP contribution is 2.35. The second-order valence-electron chi connectivity index (χ2n) is 9.31. The number of aryl methyl sites for hydroxylation is 2. The number of carbonyl (C=O) groups is 2. The van der Waals surface area contributed by atoms with E-state index in [9.17, 15) is 9.59 Å². The Labute approximate surface area is 205 Å². The molecule has 5 nitrogen and oxygen atoms in total. The average molecular weight is 475 g/mol. The molecular weight excluding hydrogens is 444 g/mol. The van der Waals surface area contributed by atoms with Gasteiger partial charge in [0.2, 0.25) is 5.91 Å². The SMILES string of the molecule is Cc1ccc(OC[C@@H]2c3ccsc3CCN2C(=O)CN(C(=O)c2ccc(C)cc2)C2CC2)cc1. The summed E-state index contributed by atoms with van der Waals surface area (Å²) in [7, 11) is 0. The summed E-state index contributed by atoms with van der Waals surface area (Å²) in [6, 6.07) is 17.7. The van der Waals surface area contributed by atoms with Gasteiger partial charge in [-0.2, -0.15) is 0 Å². The zero-order valence-corrected chi connectivity index (χ0v) is 20.5. The Kier molecular flexibility index (Phi) is 6.42. The van der Waals surface area contributed by atoms with E-state index in [1.54, 1.807) is 16.2 Å². The third kappa shape index (κ3) is 4.87. The Balaban J connectivity index is 1.33. The molecule has 2 heterocycles. The second kappa shape index (κ2) is 9.63. The van der Waals surface area contributed by atoms with Crippen molar-refractivity contribution in [3.63, 3.8) is 0 Å². The lowest BCUT2D eigenvalue weighted by Gasteiger charge is -2.37. The number of fused-ring (bicyclic) bond motifs is 1. The molecule has 0 spiro atoms. The molecule has 6 heteroatoms. The topological polar surface area (TPSA) is 49.9 Å². The number of ether oxygens (including phenoxy) is 1. The van der Waals surface area contributed by atoms with Gasteiger partial charge < -0.3 is 14.5 Å². The zero-order valence-electron chi connectivity index (χ0n) is 19.7. The van der Waals surface area contributed by atoms with E-state index in [1.807, 2.05) is 67.3 Å². The minimum absolute atomic E-state index is 0.0123. The predicted molar refractivity (Wildman–Crippen MR) is 134 cm³/mol. The first-order valence-corrected chi connectivity index (χ1v) is 12.8. The first kappa shape index (κ1) is 22.7. The van der Waals surface area contributed by atoms with Crippen LogP contribution < -0.4 is 4.74 Å². The number of nitrogens with zero attached hydrogens (tertiary/aromatic N) is 2. The Hall–Kier alpha value is -3.12. The second-order valence-corrected chi connectivity index (χ2v) is 10.3. The van der Waals surface area contributed by atoms with Crippen LogP contribution in [0.2, 0.25) is 0 Å². The van der Waals surface area contributed by atoms with Crippen molar-refractivity contribution in [2.75, 3.05) is 19.7 Å². The van der Waals surface area contributed by atoms with Crippen LogP contribution in [0.3, 0.4) is 0 Å². The number of thiophene rings is 1. The molecule has 0 radical (unpaired) electrons. The van der Waals surface area contributed by atoms with Crippen LogP contribution in [-0.4, -0.2) is 47.4 Å². The molecule has 0 saturated heterocycles. The summed E-state index contributed by atoms with van der Waals surface area (Å²) >= 11 is 1.74. The predicted octanol–water partition coefficient (Wildman–Crippen LogP) is 5.17. The summed E-state index contributed by atoms with van der Waals surface area (Å²) in [4.78, 5) is 31.9. The Morgan fingerprint density at radius 3 is 2.35 bits per heavy atom. The molecule has 1 aliphatic carbocycles. The Morgan fingerprint density at radius 1 is 1.00 bits per heavy atom. The van der Waals surface area contributed by atoms with Crippen molar-refractivity contribution < 1.29 is 14.3 Å². The van der Waals surface area contributed by atoms with Crippen molar-refractivity contribution in [1.82, 2.24) is 9.80 Å². The highest BCUT2D eigenvalue weighted by molar-refractivity contribution is 7.10. The lowest BCUT2D eigenvalue weighted by atomic mass is 10.00. The highest BCUT2D eigenvalue weighted by Gasteiger charge is 2.38. The molecule has 0 N–H and O–H groups in total. The van der Waals surface area contributed by atoms with Crippen molar-refractivity contribution >= 4 is 23.2 Å². The molecule has 2 aromatic carbocycles. The summed E-state index contributed by atoms with van der Waals surface area (Å²) in [5, 5.41) is 2.09. The highest BCUT2D eigenvalue weighted by atomic mass is 32.1.